The van der Waals surface area contributed by atoms with Gasteiger partial charge in [-0.15, -0.1) is 0 Å². The van der Waals surface area contributed by atoms with Crippen LogP contribution in [0, 0.1) is 5.92 Å². The molecule has 0 aromatic heterocycles. The highest BCUT2D eigenvalue weighted by Crippen LogP contribution is 2.19. The molecule has 2 rings (SSSR count). The topological polar surface area (TPSA) is 19.0 Å². The van der Waals surface area contributed by atoms with E-state index in [1.165, 1.54) is 45.6 Å². The summed E-state index contributed by atoms with van der Waals surface area (Å²) >= 11 is 0. The zero-order valence-electron chi connectivity index (χ0n) is 12.3. The van der Waals surface area contributed by atoms with E-state index >= 15 is 0 Å². The summed E-state index contributed by atoms with van der Waals surface area (Å²) in [5, 5.41) is 2.09. The van der Waals surface area contributed by atoms with Gasteiger partial charge in [-0.05, 0) is 32.6 Å². The number of hydroxylamine groups is 2. The van der Waals surface area contributed by atoms with E-state index in [2.05, 4.69) is 28.7 Å². The van der Waals surface area contributed by atoms with Crippen molar-refractivity contribution in [3.8, 4) is 0 Å². The van der Waals surface area contributed by atoms with E-state index < -0.39 is 0 Å². The molecule has 0 saturated carbocycles. The first-order valence-corrected chi connectivity index (χ1v) is 7.44. The zero-order valence-corrected chi connectivity index (χ0v) is 12.3. The van der Waals surface area contributed by atoms with Crippen molar-refractivity contribution in [2.24, 2.45) is 5.92 Å². The highest BCUT2D eigenvalue weighted by molar-refractivity contribution is 4.78. The van der Waals surface area contributed by atoms with E-state index in [1.807, 2.05) is 0 Å². The van der Waals surface area contributed by atoms with Gasteiger partial charge in [0.25, 0.3) is 0 Å². The number of piperazine rings is 1. The Kier molecular flexibility index (Phi) is 5.42. The summed E-state index contributed by atoms with van der Waals surface area (Å²) in [6.45, 7) is 13.1. The van der Waals surface area contributed by atoms with Crippen molar-refractivity contribution < 1.29 is 4.84 Å². The Morgan fingerprint density at radius 3 is 2.11 bits per heavy atom. The summed E-state index contributed by atoms with van der Waals surface area (Å²) < 4.78 is 0. The van der Waals surface area contributed by atoms with Crippen molar-refractivity contribution in [1.82, 2.24) is 14.9 Å². The molecule has 2 fully saturated rings. The molecule has 0 bridgehead atoms. The van der Waals surface area contributed by atoms with Gasteiger partial charge in [0.1, 0.15) is 0 Å². The van der Waals surface area contributed by atoms with Crippen LogP contribution in [-0.4, -0.2) is 73.8 Å². The molecule has 0 unspecified atom stereocenters. The van der Waals surface area contributed by atoms with E-state index in [4.69, 9.17) is 4.84 Å². The molecule has 0 aromatic carbocycles. The molecule has 0 aliphatic carbocycles. The summed E-state index contributed by atoms with van der Waals surface area (Å²) in [5.74, 6) is 0.877. The molecule has 106 valence electrons. The third kappa shape index (κ3) is 3.92. The van der Waals surface area contributed by atoms with Crippen LogP contribution in [0.1, 0.15) is 26.7 Å². The Balaban J connectivity index is 1.66. The van der Waals surface area contributed by atoms with Gasteiger partial charge in [0, 0.05) is 51.9 Å². The van der Waals surface area contributed by atoms with E-state index in [9.17, 15) is 0 Å². The average Bonchev–Trinajstić information content (AvgIpc) is 2.40. The standard InChI is InChI=1S/C14H29N3O/c1-13(2)16-10-8-15(9-11-16)12-14-4-6-17(18-3)7-5-14/h13-14H,4-12H2,1-3H3. The largest absolute Gasteiger partial charge is 0.302 e. The fraction of sp³-hybridized carbons (Fsp3) is 1.00. The third-order valence-corrected chi connectivity index (χ3v) is 4.49. The molecule has 4 heteroatoms. The van der Waals surface area contributed by atoms with Gasteiger partial charge in [0.05, 0.1) is 7.11 Å². The lowest BCUT2D eigenvalue weighted by Crippen LogP contribution is -2.50. The van der Waals surface area contributed by atoms with E-state index in [0.29, 0.717) is 6.04 Å². The van der Waals surface area contributed by atoms with Crippen LogP contribution in [0.4, 0.5) is 0 Å². The van der Waals surface area contributed by atoms with Crippen LogP contribution in [0.3, 0.4) is 0 Å². The SMILES string of the molecule is CON1CCC(CN2CCN(C(C)C)CC2)CC1. The predicted molar refractivity (Wildman–Crippen MR) is 74.5 cm³/mol. The van der Waals surface area contributed by atoms with Crippen molar-refractivity contribution in [3.05, 3.63) is 0 Å². The number of hydrogen-bond donors (Lipinski definition) is 0. The summed E-state index contributed by atoms with van der Waals surface area (Å²) in [4.78, 5) is 10.5. The number of hydrogen-bond acceptors (Lipinski definition) is 4. The Morgan fingerprint density at radius 2 is 1.61 bits per heavy atom. The van der Waals surface area contributed by atoms with Crippen LogP contribution in [0.2, 0.25) is 0 Å². The first kappa shape index (κ1) is 14.3. The molecule has 2 heterocycles. The monoisotopic (exact) mass is 255 g/mol. The maximum Gasteiger partial charge on any atom is 0.0575 e. The minimum Gasteiger partial charge on any atom is -0.302 e. The van der Waals surface area contributed by atoms with E-state index in [-0.39, 0.29) is 0 Å². The van der Waals surface area contributed by atoms with Crippen LogP contribution in [-0.2, 0) is 4.84 Å². The number of nitrogens with zero attached hydrogens (tertiary/aromatic N) is 3. The molecule has 0 spiro atoms. The summed E-state index contributed by atoms with van der Waals surface area (Å²) in [5.41, 5.74) is 0. The summed E-state index contributed by atoms with van der Waals surface area (Å²) in [6, 6.07) is 0.706. The molecule has 2 aliphatic heterocycles. The minimum atomic E-state index is 0.706. The Bertz CT molecular complexity index is 231. The van der Waals surface area contributed by atoms with Crippen molar-refractivity contribution in [3.63, 3.8) is 0 Å². The normalized spacial score (nSPS) is 26.0. The molecule has 4 nitrogen and oxygen atoms in total. The molecular weight excluding hydrogens is 226 g/mol. The van der Waals surface area contributed by atoms with Crippen molar-refractivity contribution in [1.29, 1.82) is 0 Å². The minimum absolute atomic E-state index is 0.706. The van der Waals surface area contributed by atoms with Gasteiger partial charge < -0.3 is 9.74 Å². The molecule has 2 aliphatic rings. The molecule has 0 atom stereocenters. The van der Waals surface area contributed by atoms with Gasteiger partial charge in [-0.1, -0.05) is 0 Å². The molecule has 0 aromatic rings. The lowest BCUT2D eigenvalue weighted by Gasteiger charge is -2.39. The Hall–Kier alpha value is -0.160. The maximum atomic E-state index is 5.28. The van der Waals surface area contributed by atoms with Gasteiger partial charge in [-0.2, -0.15) is 5.06 Å². The number of rotatable bonds is 4. The number of piperidine rings is 1. The average molecular weight is 255 g/mol. The van der Waals surface area contributed by atoms with Crippen LogP contribution >= 0.6 is 0 Å². The second-order valence-corrected chi connectivity index (χ2v) is 5.99. The van der Waals surface area contributed by atoms with Crippen LogP contribution in [0.5, 0.6) is 0 Å². The summed E-state index contributed by atoms with van der Waals surface area (Å²) in [7, 11) is 1.78. The fourth-order valence-corrected chi connectivity index (χ4v) is 3.10. The molecule has 2 saturated heterocycles. The van der Waals surface area contributed by atoms with Crippen LogP contribution in [0.15, 0.2) is 0 Å². The smallest absolute Gasteiger partial charge is 0.0575 e. The van der Waals surface area contributed by atoms with Crippen molar-refractivity contribution >= 4 is 0 Å². The maximum absolute atomic E-state index is 5.28. The quantitative estimate of drug-likeness (QED) is 0.753. The van der Waals surface area contributed by atoms with Gasteiger partial charge >= 0.3 is 0 Å². The molecule has 0 N–H and O–H groups in total. The van der Waals surface area contributed by atoms with Crippen LogP contribution in [0.25, 0.3) is 0 Å². The van der Waals surface area contributed by atoms with Gasteiger partial charge in [-0.3, -0.25) is 4.90 Å². The highest BCUT2D eigenvalue weighted by atomic mass is 16.7. The zero-order chi connectivity index (χ0) is 13.0. The summed E-state index contributed by atoms with van der Waals surface area (Å²) in [6.07, 6.45) is 2.58. The highest BCUT2D eigenvalue weighted by Gasteiger charge is 2.24. The molecule has 18 heavy (non-hydrogen) atoms. The molecular formula is C14H29N3O. The van der Waals surface area contributed by atoms with Gasteiger partial charge in [0.2, 0.25) is 0 Å². The Morgan fingerprint density at radius 1 is 1.00 bits per heavy atom. The second kappa shape index (κ2) is 6.85. The first-order chi connectivity index (χ1) is 8.69. The second-order valence-electron chi connectivity index (χ2n) is 5.99. The fourth-order valence-electron chi connectivity index (χ4n) is 3.10. The molecule has 0 amide bonds. The predicted octanol–water partition coefficient (Wildman–Crippen LogP) is 1.29. The lowest BCUT2D eigenvalue weighted by atomic mass is 9.97. The van der Waals surface area contributed by atoms with Gasteiger partial charge in [0.15, 0.2) is 0 Å². The van der Waals surface area contributed by atoms with Gasteiger partial charge in [-0.25, -0.2) is 0 Å². The Labute approximate surface area is 112 Å². The van der Waals surface area contributed by atoms with Crippen molar-refractivity contribution in [2.45, 2.75) is 32.7 Å². The first-order valence-electron chi connectivity index (χ1n) is 7.44. The van der Waals surface area contributed by atoms with E-state index in [1.54, 1.807) is 7.11 Å². The lowest BCUT2D eigenvalue weighted by molar-refractivity contribution is -0.149. The third-order valence-electron chi connectivity index (χ3n) is 4.49. The van der Waals surface area contributed by atoms with Crippen molar-refractivity contribution in [2.75, 3.05) is 52.9 Å². The van der Waals surface area contributed by atoms with E-state index in [0.717, 1.165) is 19.0 Å². The van der Waals surface area contributed by atoms with Crippen LogP contribution < -0.4 is 0 Å². The molecule has 0 radical (unpaired) electrons.